The zero-order chi connectivity index (χ0) is 22.0. The molecule has 8 heteroatoms. The second-order valence-electron chi connectivity index (χ2n) is 8.08. The molecule has 0 spiro atoms. The third-order valence-corrected chi connectivity index (χ3v) is 5.37. The van der Waals surface area contributed by atoms with Gasteiger partial charge in [-0.05, 0) is 49.1 Å². The summed E-state index contributed by atoms with van der Waals surface area (Å²) in [4.78, 5) is 20.4. The Labute approximate surface area is 179 Å². The third kappa shape index (κ3) is 4.64. The minimum atomic E-state index is -0.673. The summed E-state index contributed by atoms with van der Waals surface area (Å²) >= 11 is 0. The summed E-state index contributed by atoms with van der Waals surface area (Å²) in [6.45, 7) is 4.11. The molecule has 1 aromatic carbocycles. The molecule has 0 bridgehead atoms. The number of hydrogen-bond acceptors (Lipinski definition) is 6. The Kier molecular flexibility index (Phi) is 6.08. The van der Waals surface area contributed by atoms with Gasteiger partial charge in [-0.1, -0.05) is 13.8 Å². The summed E-state index contributed by atoms with van der Waals surface area (Å²) in [5.74, 6) is -0.146. The van der Waals surface area contributed by atoms with Gasteiger partial charge in [0.2, 0.25) is 0 Å². The normalized spacial score (nSPS) is 18.9. The average Bonchev–Trinajstić information content (AvgIpc) is 3.12. The number of esters is 1. The van der Waals surface area contributed by atoms with Crippen molar-refractivity contribution < 1.29 is 19.0 Å². The lowest BCUT2D eigenvalue weighted by atomic mass is 9.93. The Morgan fingerprint density at radius 3 is 2.58 bits per heavy atom. The lowest BCUT2D eigenvalue weighted by Gasteiger charge is -2.26. The fourth-order valence-corrected chi connectivity index (χ4v) is 3.97. The number of aromatic nitrogens is 4. The van der Waals surface area contributed by atoms with Gasteiger partial charge < -0.3 is 9.84 Å². The van der Waals surface area contributed by atoms with Gasteiger partial charge in [-0.3, -0.25) is 4.79 Å². The van der Waals surface area contributed by atoms with Crippen LogP contribution in [0.5, 0.6) is 0 Å². The van der Waals surface area contributed by atoms with Crippen molar-refractivity contribution in [2.24, 2.45) is 0 Å². The van der Waals surface area contributed by atoms with Gasteiger partial charge in [0.25, 0.3) is 5.95 Å². The SMILES string of the molecule is CC(C)c1nn(-c2ncccn2)c(-c2ccc(F)cc2)c1CC[C@@H]1C[C@H](O)CC(=O)O1. The summed E-state index contributed by atoms with van der Waals surface area (Å²) in [6.07, 6.45) is 3.87. The van der Waals surface area contributed by atoms with Crippen molar-refractivity contribution in [3.8, 4) is 17.2 Å². The molecule has 3 aromatic rings. The number of nitrogens with zero attached hydrogens (tertiary/aromatic N) is 4. The maximum Gasteiger partial charge on any atom is 0.308 e. The highest BCUT2D eigenvalue weighted by Gasteiger charge is 2.29. The van der Waals surface area contributed by atoms with Crippen LogP contribution in [0.25, 0.3) is 17.2 Å². The molecular weight excluding hydrogens is 399 g/mol. The van der Waals surface area contributed by atoms with Crippen LogP contribution in [0.4, 0.5) is 4.39 Å². The molecule has 0 aliphatic carbocycles. The summed E-state index contributed by atoms with van der Waals surface area (Å²) in [5, 5.41) is 14.7. The lowest BCUT2D eigenvalue weighted by Crippen LogP contribution is -2.32. The number of cyclic esters (lactones) is 1. The average molecular weight is 424 g/mol. The van der Waals surface area contributed by atoms with E-state index in [0.29, 0.717) is 25.2 Å². The highest BCUT2D eigenvalue weighted by molar-refractivity contribution is 5.71. The smallest absolute Gasteiger partial charge is 0.308 e. The molecule has 2 aromatic heterocycles. The number of aliphatic hydroxyl groups excluding tert-OH is 1. The monoisotopic (exact) mass is 424 g/mol. The highest BCUT2D eigenvalue weighted by Crippen LogP contribution is 2.34. The van der Waals surface area contributed by atoms with Crippen molar-refractivity contribution >= 4 is 5.97 Å². The molecule has 4 rings (SSSR count). The van der Waals surface area contributed by atoms with E-state index in [2.05, 4.69) is 23.8 Å². The second kappa shape index (κ2) is 8.93. The molecule has 0 amide bonds. The van der Waals surface area contributed by atoms with Crippen LogP contribution in [0.3, 0.4) is 0 Å². The standard InChI is InChI=1S/C23H25FN4O3/c1-14(2)21-19(9-8-18-12-17(29)13-20(30)31-18)22(15-4-6-16(24)7-5-15)28(27-21)23-25-10-3-11-26-23/h3-7,10-11,14,17-18,29H,8-9,12-13H2,1-2H3/t17-,18+/m0/s1. The van der Waals surface area contributed by atoms with Crippen LogP contribution in [-0.2, 0) is 16.0 Å². The van der Waals surface area contributed by atoms with Gasteiger partial charge in [-0.25, -0.2) is 14.4 Å². The van der Waals surface area contributed by atoms with Crippen LogP contribution >= 0.6 is 0 Å². The zero-order valence-corrected chi connectivity index (χ0v) is 17.5. The largest absolute Gasteiger partial charge is 0.462 e. The third-order valence-electron chi connectivity index (χ3n) is 5.37. The molecule has 1 N–H and O–H groups in total. The van der Waals surface area contributed by atoms with E-state index in [1.165, 1.54) is 12.1 Å². The predicted molar refractivity (Wildman–Crippen MR) is 112 cm³/mol. The Balaban J connectivity index is 1.77. The zero-order valence-electron chi connectivity index (χ0n) is 17.5. The predicted octanol–water partition coefficient (Wildman–Crippen LogP) is 3.59. The van der Waals surface area contributed by atoms with Crippen LogP contribution in [0.15, 0.2) is 42.7 Å². The van der Waals surface area contributed by atoms with Crippen molar-refractivity contribution in [1.82, 2.24) is 19.7 Å². The van der Waals surface area contributed by atoms with E-state index in [1.807, 2.05) is 0 Å². The highest BCUT2D eigenvalue weighted by atomic mass is 19.1. The second-order valence-corrected chi connectivity index (χ2v) is 8.08. The molecule has 1 saturated heterocycles. The number of ether oxygens (including phenoxy) is 1. The number of rotatable bonds is 6. The quantitative estimate of drug-likeness (QED) is 0.608. The topological polar surface area (TPSA) is 90.1 Å². The van der Waals surface area contributed by atoms with Crippen LogP contribution in [-0.4, -0.2) is 43.0 Å². The maximum absolute atomic E-state index is 13.6. The van der Waals surface area contributed by atoms with Crippen molar-refractivity contribution in [3.05, 3.63) is 59.8 Å². The summed E-state index contributed by atoms with van der Waals surface area (Å²) in [7, 11) is 0. The van der Waals surface area contributed by atoms with E-state index in [1.54, 1.807) is 35.3 Å². The van der Waals surface area contributed by atoms with Crippen LogP contribution in [0.2, 0.25) is 0 Å². The lowest BCUT2D eigenvalue weighted by molar-refractivity contribution is -0.160. The van der Waals surface area contributed by atoms with Crippen molar-refractivity contribution in [3.63, 3.8) is 0 Å². The number of hydrogen-bond donors (Lipinski definition) is 1. The van der Waals surface area contributed by atoms with E-state index < -0.39 is 6.10 Å². The van der Waals surface area contributed by atoms with Crippen molar-refractivity contribution in [2.45, 2.75) is 57.7 Å². The first-order chi connectivity index (χ1) is 14.9. The van der Waals surface area contributed by atoms with Crippen LogP contribution < -0.4 is 0 Å². The molecule has 0 unspecified atom stereocenters. The molecule has 31 heavy (non-hydrogen) atoms. The van der Waals surface area contributed by atoms with Gasteiger partial charge in [0, 0.05) is 29.9 Å². The Hall–Kier alpha value is -3.13. The summed E-state index contributed by atoms with van der Waals surface area (Å²) in [5.41, 5.74) is 3.45. The van der Waals surface area contributed by atoms with E-state index >= 15 is 0 Å². The summed E-state index contributed by atoms with van der Waals surface area (Å²) < 4.78 is 20.7. The number of benzene rings is 1. The Bertz CT molecular complexity index is 1050. The molecule has 7 nitrogen and oxygen atoms in total. The molecular formula is C23H25FN4O3. The first kappa shape index (κ1) is 21.1. The van der Waals surface area contributed by atoms with Crippen molar-refractivity contribution in [1.29, 1.82) is 0 Å². The summed E-state index contributed by atoms with van der Waals surface area (Å²) in [6, 6.07) is 7.98. The van der Waals surface area contributed by atoms with Gasteiger partial charge in [0.15, 0.2) is 0 Å². The van der Waals surface area contributed by atoms with E-state index in [9.17, 15) is 14.3 Å². The minimum Gasteiger partial charge on any atom is -0.462 e. The van der Waals surface area contributed by atoms with E-state index in [4.69, 9.17) is 9.84 Å². The van der Waals surface area contributed by atoms with Crippen molar-refractivity contribution in [2.75, 3.05) is 0 Å². The minimum absolute atomic E-state index is 0.0395. The molecule has 162 valence electrons. The fraction of sp³-hybridized carbons (Fsp3) is 0.391. The Morgan fingerprint density at radius 1 is 1.23 bits per heavy atom. The number of aliphatic hydroxyl groups is 1. The molecule has 1 aliphatic heterocycles. The molecule has 3 heterocycles. The molecule has 0 radical (unpaired) electrons. The van der Waals surface area contributed by atoms with Gasteiger partial charge in [-0.15, -0.1) is 0 Å². The Morgan fingerprint density at radius 2 is 1.94 bits per heavy atom. The number of carbonyl (C=O) groups excluding carboxylic acids is 1. The maximum atomic E-state index is 13.6. The number of halogens is 1. The number of carbonyl (C=O) groups is 1. The van der Waals surface area contributed by atoms with E-state index in [-0.39, 0.29) is 30.2 Å². The van der Waals surface area contributed by atoms with Crippen LogP contribution in [0.1, 0.15) is 50.3 Å². The van der Waals surface area contributed by atoms with Gasteiger partial charge in [-0.2, -0.15) is 9.78 Å². The van der Waals surface area contributed by atoms with Crippen LogP contribution in [0, 0.1) is 5.82 Å². The molecule has 2 atom stereocenters. The van der Waals surface area contributed by atoms with Gasteiger partial charge in [0.1, 0.15) is 11.9 Å². The van der Waals surface area contributed by atoms with E-state index in [0.717, 1.165) is 22.5 Å². The van der Waals surface area contributed by atoms with Gasteiger partial charge in [0.05, 0.1) is 23.9 Å². The molecule has 1 aliphatic rings. The fourth-order valence-electron chi connectivity index (χ4n) is 3.97. The van der Waals surface area contributed by atoms with Gasteiger partial charge >= 0.3 is 5.97 Å². The molecule has 0 saturated carbocycles. The first-order valence-electron chi connectivity index (χ1n) is 10.4. The first-order valence-corrected chi connectivity index (χ1v) is 10.4. The molecule has 1 fully saturated rings.